The number of rotatable bonds is 4. The van der Waals surface area contributed by atoms with E-state index in [1.54, 1.807) is 11.8 Å². The first-order valence-electron chi connectivity index (χ1n) is 10.3. The van der Waals surface area contributed by atoms with Crippen LogP contribution in [0.5, 0.6) is 0 Å². The minimum absolute atomic E-state index is 0.0468. The number of anilines is 1. The summed E-state index contributed by atoms with van der Waals surface area (Å²) in [6.07, 6.45) is 4.05. The number of thioether (sulfide) groups is 1. The number of esters is 1. The molecule has 3 aliphatic rings. The van der Waals surface area contributed by atoms with Gasteiger partial charge in [0.1, 0.15) is 6.10 Å². The van der Waals surface area contributed by atoms with E-state index in [0.29, 0.717) is 25.9 Å². The molecule has 4 rings (SSSR count). The predicted octanol–water partition coefficient (Wildman–Crippen LogP) is 2.67. The molecule has 1 N–H and O–H groups in total. The summed E-state index contributed by atoms with van der Waals surface area (Å²) in [6, 6.07) is 7.70. The van der Waals surface area contributed by atoms with E-state index in [4.69, 9.17) is 9.47 Å². The van der Waals surface area contributed by atoms with Crippen LogP contribution >= 0.6 is 11.8 Å². The Morgan fingerprint density at radius 3 is 2.66 bits per heavy atom. The number of urea groups is 1. The van der Waals surface area contributed by atoms with Crippen LogP contribution in [0.3, 0.4) is 0 Å². The number of benzene rings is 1. The molecule has 0 saturated carbocycles. The molecule has 1 spiro atoms. The van der Waals surface area contributed by atoms with Gasteiger partial charge in [0.25, 0.3) is 0 Å². The first kappa shape index (κ1) is 20.5. The molecule has 0 bridgehead atoms. The maximum absolute atomic E-state index is 12.7. The fraction of sp³-hybridized carbons (Fsp3) is 0.619. The van der Waals surface area contributed by atoms with E-state index in [-0.39, 0.29) is 18.1 Å². The quantitative estimate of drug-likeness (QED) is 0.598. The van der Waals surface area contributed by atoms with E-state index < -0.39 is 5.41 Å². The number of cyclic esters (lactones) is 1. The molecule has 3 fully saturated rings. The van der Waals surface area contributed by atoms with Crippen molar-refractivity contribution >= 4 is 29.4 Å². The lowest BCUT2D eigenvalue weighted by Crippen LogP contribution is -2.46. The highest BCUT2D eigenvalue weighted by Gasteiger charge is 2.51. The highest BCUT2D eigenvalue weighted by atomic mass is 32.2. The molecule has 2 amide bonds. The normalized spacial score (nSPS) is 24.5. The smallest absolute Gasteiger partial charge is 0.321 e. The fourth-order valence-corrected chi connectivity index (χ4v) is 5.05. The van der Waals surface area contributed by atoms with E-state index in [0.717, 1.165) is 49.9 Å². The Morgan fingerprint density at radius 1 is 1.21 bits per heavy atom. The van der Waals surface area contributed by atoms with Crippen LogP contribution in [0.2, 0.25) is 0 Å². The van der Waals surface area contributed by atoms with Crippen LogP contribution in [0, 0.1) is 5.41 Å². The third kappa shape index (κ3) is 4.54. The average Bonchev–Trinajstić information content (AvgIpc) is 3.03. The summed E-state index contributed by atoms with van der Waals surface area (Å²) in [6.45, 7) is 5.22. The van der Waals surface area contributed by atoms with Gasteiger partial charge >= 0.3 is 12.0 Å². The van der Waals surface area contributed by atoms with Gasteiger partial charge in [0, 0.05) is 44.0 Å². The Kier molecular flexibility index (Phi) is 6.32. The number of ether oxygens (including phenoxy) is 2. The predicted molar refractivity (Wildman–Crippen MR) is 112 cm³/mol. The summed E-state index contributed by atoms with van der Waals surface area (Å²) in [7, 11) is 0. The first-order chi connectivity index (χ1) is 14.1. The molecule has 3 aliphatic heterocycles. The number of amides is 2. The van der Waals surface area contributed by atoms with Crippen molar-refractivity contribution in [3.8, 4) is 0 Å². The number of hydrogen-bond donors (Lipinski definition) is 1. The van der Waals surface area contributed by atoms with Crippen molar-refractivity contribution < 1.29 is 19.1 Å². The van der Waals surface area contributed by atoms with Crippen LogP contribution in [-0.4, -0.2) is 80.1 Å². The molecule has 3 saturated heterocycles. The Hall–Kier alpha value is -1.77. The Bertz CT molecular complexity index is 745. The van der Waals surface area contributed by atoms with Gasteiger partial charge in [-0.05, 0) is 31.2 Å². The number of carbonyl (C=O) groups excluding carboxylic acids is 2. The molecule has 29 heavy (non-hydrogen) atoms. The molecule has 0 aromatic heterocycles. The van der Waals surface area contributed by atoms with Gasteiger partial charge in [-0.25, -0.2) is 4.79 Å². The zero-order valence-electron chi connectivity index (χ0n) is 16.9. The lowest BCUT2D eigenvalue weighted by atomic mass is 9.76. The van der Waals surface area contributed by atoms with E-state index >= 15 is 0 Å². The van der Waals surface area contributed by atoms with Crippen LogP contribution in [0.25, 0.3) is 0 Å². The van der Waals surface area contributed by atoms with Gasteiger partial charge in [-0.1, -0.05) is 12.1 Å². The Balaban J connectivity index is 1.31. The van der Waals surface area contributed by atoms with Crippen molar-refractivity contribution in [2.24, 2.45) is 5.41 Å². The third-order valence-corrected chi connectivity index (χ3v) is 7.04. The zero-order valence-corrected chi connectivity index (χ0v) is 17.7. The molecule has 1 aromatic carbocycles. The number of carbonyl (C=O) groups is 2. The number of hydrogen-bond acceptors (Lipinski definition) is 6. The summed E-state index contributed by atoms with van der Waals surface area (Å²) in [4.78, 5) is 30.5. The molecule has 8 heteroatoms. The van der Waals surface area contributed by atoms with Crippen LogP contribution < -0.4 is 5.32 Å². The molecule has 1 aromatic rings. The number of para-hydroxylation sites is 1. The van der Waals surface area contributed by atoms with Crippen molar-refractivity contribution in [3.05, 3.63) is 24.3 Å². The molecule has 158 valence electrons. The van der Waals surface area contributed by atoms with E-state index in [1.807, 2.05) is 35.4 Å². The second-order valence-corrected chi connectivity index (χ2v) is 8.89. The minimum Gasteiger partial charge on any atom is -0.461 e. The average molecular weight is 420 g/mol. The van der Waals surface area contributed by atoms with Crippen molar-refractivity contribution in [1.82, 2.24) is 9.80 Å². The number of nitrogens with one attached hydrogen (secondary N) is 1. The zero-order chi connectivity index (χ0) is 20.3. The van der Waals surface area contributed by atoms with E-state index in [2.05, 4.69) is 10.2 Å². The van der Waals surface area contributed by atoms with Crippen LogP contribution in [0.15, 0.2) is 29.2 Å². The summed E-state index contributed by atoms with van der Waals surface area (Å²) < 4.78 is 11.1. The summed E-state index contributed by atoms with van der Waals surface area (Å²) in [5, 5.41) is 3.02. The van der Waals surface area contributed by atoms with Gasteiger partial charge in [0.15, 0.2) is 0 Å². The van der Waals surface area contributed by atoms with Gasteiger partial charge in [-0.15, -0.1) is 11.8 Å². The summed E-state index contributed by atoms with van der Waals surface area (Å²) in [5.74, 6) is -0.0800. The van der Waals surface area contributed by atoms with Crippen molar-refractivity contribution in [2.75, 3.05) is 57.5 Å². The molecule has 7 nitrogen and oxygen atoms in total. The van der Waals surface area contributed by atoms with Crippen LogP contribution in [-0.2, 0) is 14.3 Å². The minimum atomic E-state index is -0.426. The van der Waals surface area contributed by atoms with Crippen LogP contribution in [0.4, 0.5) is 10.5 Å². The number of likely N-dealkylation sites (tertiary alicyclic amines) is 1. The highest BCUT2D eigenvalue weighted by Crippen LogP contribution is 2.43. The maximum atomic E-state index is 12.7. The van der Waals surface area contributed by atoms with Gasteiger partial charge < -0.3 is 19.7 Å². The molecular formula is C21H29N3O4S. The molecule has 1 atom stereocenters. The van der Waals surface area contributed by atoms with Gasteiger partial charge in [0.2, 0.25) is 0 Å². The SMILES string of the molecule is CSc1ccccc1NC(=O)N1CCC2(CC1)CC(CN1CCOCC1)OC2=O. The topological polar surface area (TPSA) is 71.1 Å². The van der Waals surface area contributed by atoms with Crippen molar-refractivity contribution in [1.29, 1.82) is 0 Å². The third-order valence-electron chi connectivity index (χ3n) is 6.25. The Morgan fingerprint density at radius 2 is 1.93 bits per heavy atom. The van der Waals surface area contributed by atoms with Crippen LogP contribution in [0.1, 0.15) is 19.3 Å². The lowest BCUT2D eigenvalue weighted by Gasteiger charge is -2.36. The highest BCUT2D eigenvalue weighted by molar-refractivity contribution is 7.98. The molecule has 0 aliphatic carbocycles. The molecular weight excluding hydrogens is 390 g/mol. The summed E-state index contributed by atoms with van der Waals surface area (Å²) >= 11 is 1.61. The summed E-state index contributed by atoms with van der Waals surface area (Å²) in [5.41, 5.74) is 0.404. The standard InChI is InChI=1S/C21H29N3O4S/c1-29-18-5-3-2-4-17(18)22-20(26)24-8-6-21(7-9-24)14-16(28-19(21)25)15-23-10-12-27-13-11-23/h2-5,16H,6-15H2,1H3,(H,22,26). The lowest BCUT2D eigenvalue weighted by molar-refractivity contribution is -0.151. The maximum Gasteiger partial charge on any atom is 0.321 e. The number of morpholine rings is 1. The molecule has 3 heterocycles. The molecule has 0 radical (unpaired) electrons. The largest absolute Gasteiger partial charge is 0.461 e. The fourth-order valence-electron chi connectivity index (χ4n) is 4.50. The van der Waals surface area contributed by atoms with Crippen molar-refractivity contribution in [3.63, 3.8) is 0 Å². The Labute approximate surface area is 176 Å². The first-order valence-corrected chi connectivity index (χ1v) is 11.5. The second-order valence-electron chi connectivity index (χ2n) is 8.04. The van der Waals surface area contributed by atoms with Gasteiger partial charge in [-0.2, -0.15) is 0 Å². The van der Waals surface area contributed by atoms with Crippen molar-refractivity contribution in [2.45, 2.75) is 30.3 Å². The van der Waals surface area contributed by atoms with E-state index in [9.17, 15) is 9.59 Å². The van der Waals surface area contributed by atoms with Gasteiger partial charge in [0.05, 0.1) is 24.3 Å². The van der Waals surface area contributed by atoms with E-state index in [1.165, 1.54) is 0 Å². The van der Waals surface area contributed by atoms with Gasteiger partial charge in [-0.3, -0.25) is 9.69 Å². The number of nitrogens with zero attached hydrogens (tertiary/aromatic N) is 2. The monoisotopic (exact) mass is 419 g/mol. The molecule has 1 unspecified atom stereocenters. The second kappa shape index (κ2) is 8.93. The number of piperidine rings is 1.